The molecule has 0 aliphatic carbocycles. The van der Waals surface area contributed by atoms with Crippen LogP contribution in [0, 0.1) is 6.92 Å². The molecule has 0 amide bonds. The number of aromatic nitrogens is 3. The Hall–Kier alpha value is -1.68. The van der Waals surface area contributed by atoms with Gasteiger partial charge in [0.15, 0.2) is 5.82 Å². The van der Waals surface area contributed by atoms with Gasteiger partial charge in [0.25, 0.3) is 0 Å². The van der Waals surface area contributed by atoms with Crippen LogP contribution in [0.4, 0.5) is 0 Å². The van der Waals surface area contributed by atoms with Crippen LogP contribution in [0.1, 0.15) is 23.3 Å². The Bertz CT molecular complexity index is 442. The fourth-order valence-corrected chi connectivity index (χ4v) is 1.60. The van der Waals surface area contributed by atoms with Crippen molar-refractivity contribution in [1.82, 2.24) is 14.8 Å². The van der Waals surface area contributed by atoms with E-state index in [-0.39, 0.29) is 6.04 Å². The zero-order chi connectivity index (χ0) is 11.5. The van der Waals surface area contributed by atoms with Crippen molar-refractivity contribution in [3.63, 3.8) is 0 Å². The SMILES string of the molecule is Cc1nc([C@H](N)Cc2ccccc2)nn1C. The van der Waals surface area contributed by atoms with Crippen LogP contribution in [-0.4, -0.2) is 14.8 Å². The van der Waals surface area contributed by atoms with Crippen molar-refractivity contribution in [3.05, 3.63) is 47.5 Å². The van der Waals surface area contributed by atoms with Gasteiger partial charge in [0.2, 0.25) is 0 Å². The van der Waals surface area contributed by atoms with E-state index >= 15 is 0 Å². The minimum atomic E-state index is -0.137. The van der Waals surface area contributed by atoms with Gasteiger partial charge in [-0.25, -0.2) is 4.98 Å². The highest BCUT2D eigenvalue weighted by atomic mass is 15.3. The van der Waals surface area contributed by atoms with Gasteiger partial charge in [-0.2, -0.15) is 5.10 Å². The molecule has 1 aromatic heterocycles. The molecule has 0 saturated heterocycles. The summed E-state index contributed by atoms with van der Waals surface area (Å²) in [4.78, 5) is 4.33. The maximum absolute atomic E-state index is 6.07. The van der Waals surface area contributed by atoms with Crippen LogP contribution in [0.15, 0.2) is 30.3 Å². The van der Waals surface area contributed by atoms with Crippen LogP contribution in [-0.2, 0) is 13.5 Å². The summed E-state index contributed by atoms with van der Waals surface area (Å²) >= 11 is 0. The molecule has 0 unspecified atom stereocenters. The lowest BCUT2D eigenvalue weighted by atomic mass is 10.1. The summed E-state index contributed by atoms with van der Waals surface area (Å²) in [7, 11) is 1.88. The molecule has 1 aromatic carbocycles. The largest absolute Gasteiger partial charge is 0.321 e. The molecule has 2 rings (SSSR count). The van der Waals surface area contributed by atoms with Gasteiger partial charge >= 0.3 is 0 Å². The predicted octanol–water partition coefficient (Wildman–Crippen LogP) is 1.37. The standard InChI is InChI=1S/C12H16N4/c1-9-14-12(15-16(9)2)11(13)8-10-6-4-3-5-7-10/h3-7,11H,8,13H2,1-2H3/t11-/m1/s1. The second kappa shape index (κ2) is 4.45. The molecular weight excluding hydrogens is 200 g/mol. The molecule has 16 heavy (non-hydrogen) atoms. The number of hydrogen-bond acceptors (Lipinski definition) is 3. The van der Waals surface area contributed by atoms with E-state index in [0.29, 0.717) is 5.82 Å². The van der Waals surface area contributed by atoms with Crippen molar-refractivity contribution in [1.29, 1.82) is 0 Å². The smallest absolute Gasteiger partial charge is 0.167 e. The quantitative estimate of drug-likeness (QED) is 0.843. The first-order chi connectivity index (χ1) is 7.66. The van der Waals surface area contributed by atoms with Crippen molar-refractivity contribution >= 4 is 0 Å². The van der Waals surface area contributed by atoms with Crippen LogP contribution < -0.4 is 5.73 Å². The summed E-state index contributed by atoms with van der Waals surface area (Å²) < 4.78 is 1.75. The van der Waals surface area contributed by atoms with Crippen LogP contribution >= 0.6 is 0 Å². The lowest BCUT2D eigenvalue weighted by molar-refractivity contribution is 0.645. The molecule has 2 aromatic rings. The van der Waals surface area contributed by atoms with E-state index in [1.807, 2.05) is 32.2 Å². The third-order valence-corrected chi connectivity index (χ3v) is 2.63. The summed E-state index contributed by atoms with van der Waals surface area (Å²) in [5, 5.41) is 4.29. The Morgan fingerprint density at radius 3 is 2.56 bits per heavy atom. The van der Waals surface area contributed by atoms with E-state index < -0.39 is 0 Å². The van der Waals surface area contributed by atoms with E-state index in [9.17, 15) is 0 Å². The Morgan fingerprint density at radius 2 is 2.00 bits per heavy atom. The molecule has 0 saturated carbocycles. The molecule has 4 nitrogen and oxygen atoms in total. The van der Waals surface area contributed by atoms with Gasteiger partial charge < -0.3 is 5.73 Å². The second-order valence-corrected chi connectivity index (χ2v) is 3.94. The molecule has 0 bridgehead atoms. The van der Waals surface area contributed by atoms with Gasteiger partial charge in [-0.05, 0) is 18.9 Å². The first kappa shape index (κ1) is 10.8. The molecule has 2 N–H and O–H groups in total. The summed E-state index contributed by atoms with van der Waals surface area (Å²) in [6.45, 7) is 1.92. The van der Waals surface area contributed by atoms with Gasteiger partial charge in [0.05, 0.1) is 6.04 Å². The lowest BCUT2D eigenvalue weighted by Crippen LogP contribution is -2.15. The van der Waals surface area contributed by atoms with Gasteiger partial charge in [-0.15, -0.1) is 0 Å². The minimum Gasteiger partial charge on any atom is -0.321 e. The fourth-order valence-electron chi connectivity index (χ4n) is 1.60. The number of nitrogens with two attached hydrogens (primary N) is 1. The zero-order valence-electron chi connectivity index (χ0n) is 9.59. The Labute approximate surface area is 95.1 Å². The first-order valence-corrected chi connectivity index (χ1v) is 5.34. The molecule has 4 heteroatoms. The lowest BCUT2D eigenvalue weighted by Gasteiger charge is -2.06. The molecule has 0 fully saturated rings. The third kappa shape index (κ3) is 2.28. The second-order valence-electron chi connectivity index (χ2n) is 3.94. The molecule has 0 aliphatic heterocycles. The maximum Gasteiger partial charge on any atom is 0.167 e. The fraction of sp³-hybridized carbons (Fsp3) is 0.333. The van der Waals surface area contributed by atoms with E-state index in [1.165, 1.54) is 5.56 Å². The average Bonchev–Trinajstić information content (AvgIpc) is 2.61. The summed E-state index contributed by atoms with van der Waals surface area (Å²) in [6.07, 6.45) is 0.768. The highest BCUT2D eigenvalue weighted by molar-refractivity contribution is 5.17. The van der Waals surface area contributed by atoms with E-state index in [0.717, 1.165) is 12.2 Å². The number of nitrogens with zero attached hydrogens (tertiary/aromatic N) is 3. The molecule has 84 valence electrons. The topological polar surface area (TPSA) is 56.7 Å². The highest BCUT2D eigenvalue weighted by Gasteiger charge is 2.12. The Morgan fingerprint density at radius 1 is 1.31 bits per heavy atom. The zero-order valence-corrected chi connectivity index (χ0v) is 9.59. The van der Waals surface area contributed by atoms with Crippen molar-refractivity contribution < 1.29 is 0 Å². The van der Waals surface area contributed by atoms with Gasteiger partial charge in [0.1, 0.15) is 5.82 Å². The van der Waals surface area contributed by atoms with E-state index in [2.05, 4.69) is 22.2 Å². The van der Waals surface area contributed by atoms with Crippen molar-refractivity contribution in [2.75, 3.05) is 0 Å². The number of aryl methyl sites for hydroxylation is 2. The molecule has 1 atom stereocenters. The molecule has 0 spiro atoms. The van der Waals surface area contributed by atoms with E-state index in [1.54, 1.807) is 4.68 Å². The van der Waals surface area contributed by atoms with Crippen molar-refractivity contribution in [3.8, 4) is 0 Å². The summed E-state index contributed by atoms with van der Waals surface area (Å²) in [5.74, 6) is 1.60. The minimum absolute atomic E-state index is 0.137. The monoisotopic (exact) mass is 216 g/mol. The van der Waals surface area contributed by atoms with Crippen LogP contribution in [0.25, 0.3) is 0 Å². The first-order valence-electron chi connectivity index (χ1n) is 5.34. The van der Waals surface area contributed by atoms with Gasteiger partial charge in [0, 0.05) is 7.05 Å². The van der Waals surface area contributed by atoms with E-state index in [4.69, 9.17) is 5.73 Å². The van der Waals surface area contributed by atoms with Crippen LogP contribution in [0.3, 0.4) is 0 Å². The number of hydrogen-bond donors (Lipinski definition) is 1. The molecule has 1 heterocycles. The number of benzene rings is 1. The number of rotatable bonds is 3. The summed E-state index contributed by atoms with van der Waals surface area (Å²) in [6, 6.07) is 10.0. The Kier molecular flexibility index (Phi) is 3.01. The van der Waals surface area contributed by atoms with Gasteiger partial charge in [-0.1, -0.05) is 30.3 Å². The van der Waals surface area contributed by atoms with Crippen LogP contribution in [0.2, 0.25) is 0 Å². The highest BCUT2D eigenvalue weighted by Crippen LogP contribution is 2.12. The van der Waals surface area contributed by atoms with Crippen LogP contribution in [0.5, 0.6) is 0 Å². The summed E-state index contributed by atoms with van der Waals surface area (Å²) in [5.41, 5.74) is 7.28. The molecular formula is C12H16N4. The molecule has 0 aliphatic rings. The Balaban J connectivity index is 2.11. The maximum atomic E-state index is 6.07. The van der Waals surface area contributed by atoms with Gasteiger partial charge in [-0.3, -0.25) is 4.68 Å². The molecule has 0 radical (unpaired) electrons. The van der Waals surface area contributed by atoms with Crippen molar-refractivity contribution in [2.24, 2.45) is 12.8 Å². The average molecular weight is 216 g/mol. The normalized spacial score (nSPS) is 12.7. The third-order valence-electron chi connectivity index (χ3n) is 2.63. The van der Waals surface area contributed by atoms with Crippen molar-refractivity contribution in [2.45, 2.75) is 19.4 Å². The predicted molar refractivity (Wildman–Crippen MR) is 62.8 cm³/mol.